The van der Waals surface area contributed by atoms with Crippen molar-refractivity contribution in [1.82, 2.24) is 0 Å². The third-order valence-corrected chi connectivity index (χ3v) is 7.35. The molecule has 4 aliphatic rings. The van der Waals surface area contributed by atoms with Crippen LogP contribution in [0.4, 0.5) is 0 Å². The Morgan fingerprint density at radius 3 is 2.11 bits per heavy atom. The van der Waals surface area contributed by atoms with Gasteiger partial charge in [-0.3, -0.25) is 0 Å². The standard InChI is InChI=1S/C15H20BrNS/c16-13-2-1-12(18-13)14(17)15-6-9-3-10(7-15)5-11(4-9)8-15/h1-2,9-11,14H,3-8,17H2. The first kappa shape index (κ1) is 11.9. The highest BCUT2D eigenvalue weighted by Crippen LogP contribution is 2.63. The van der Waals surface area contributed by atoms with E-state index in [-0.39, 0.29) is 6.04 Å². The average molecular weight is 326 g/mol. The Kier molecular flexibility index (Phi) is 2.69. The maximum absolute atomic E-state index is 6.70. The van der Waals surface area contributed by atoms with Crippen LogP contribution in [0, 0.1) is 23.2 Å². The summed E-state index contributed by atoms with van der Waals surface area (Å²) in [4.78, 5) is 1.39. The Labute approximate surface area is 121 Å². The Bertz CT molecular complexity index is 432. The second-order valence-electron chi connectivity index (χ2n) is 6.90. The van der Waals surface area contributed by atoms with Crippen LogP contribution in [0.15, 0.2) is 15.9 Å². The summed E-state index contributed by atoms with van der Waals surface area (Å²) in [6, 6.07) is 4.67. The lowest BCUT2D eigenvalue weighted by atomic mass is 9.47. The number of hydrogen-bond donors (Lipinski definition) is 1. The van der Waals surface area contributed by atoms with E-state index in [2.05, 4.69) is 28.1 Å². The summed E-state index contributed by atoms with van der Waals surface area (Å²) in [6.45, 7) is 0. The second kappa shape index (κ2) is 4.07. The molecule has 0 saturated heterocycles. The molecule has 0 amide bonds. The third-order valence-electron chi connectivity index (χ3n) is 5.65. The molecule has 1 nitrogen and oxygen atoms in total. The van der Waals surface area contributed by atoms with E-state index in [9.17, 15) is 0 Å². The van der Waals surface area contributed by atoms with Gasteiger partial charge < -0.3 is 5.73 Å². The second-order valence-corrected chi connectivity index (χ2v) is 9.39. The minimum atomic E-state index is 0.280. The minimum Gasteiger partial charge on any atom is -0.323 e. The highest BCUT2D eigenvalue weighted by atomic mass is 79.9. The van der Waals surface area contributed by atoms with Gasteiger partial charge in [-0.25, -0.2) is 0 Å². The largest absolute Gasteiger partial charge is 0.323 e. The molecule has 1 aromatic heterocycles. The topological polar surface area (TPSA) is 26.0 Å². The lowest BCUT2D eigenvalue weighted by Gasteiger charge is -2.58. The van der Waals surface area contributed by atoms with Gasteiger partial charge in [-0.2, -0.15) is 0 Å². The Morgan fingerprint density at radius 2 is 1.67 bits per heavy atom. The monoisotopic (exact) mass is 325 g/mol. The molecule has 4 saturated carbocycles. The normalized spacial score (nSPS) is 43.3. The van der Waals surface area contributed by atoms with Crippen molar-refractivity contribution in [2.75, 3.05) is 0 Å². The summed E-state index contributed by atoms with van der Waals surface area (Å²) in [5, 5.41) is 0. The van der Waals surface area contributed by atoms with Crippen molar-refractivity contribution in [1.29, 1.82) is 0 Å². The van der Waals surface area contributed by atoms with Crippen molar-refractivity contribution in [2.45, 2.75) is 44.6 Å². The van der Waals surface area contributed by atoms with E-state index in [1.807, 2.05) is 11.3 Å². The molecule has 98 valence electrons. The van der Waals surface area contributed by atoms with Gasteiger partial charge in [-0.05, 0) is 89.8 Å². The molecule has 5 rings (SSSR count). The van der Waals surface area contributed by atoms with Crippen molar-refractivity contribution >= 4 is 27.3 Å². The molecule has 4 aliphatic carbocycles. The van der Waals surface area contributed by atoms with Gasteiger partial charge in [0.05, 0.1) is 3.79 Å². The third kappa shape index (κ3) is 1.74. The smallest absolute Gasteiger partial charge is 0.0701 e. The number of thiophene rings is 1. The van der Waals surface area contributed by atoms with Gasteiger partial charge >= 0.3 is 0 Å². The van der Waals surface area contributed by atoms with E-state index in [4.69, 9.17) is 5.73 Å². The lowest BCUT2D eigenvalue weighted by molar-refractivity contribution is -0.0672. The molecule has 2 N–H and O–H groups in total. The van der Waals surface area contributed by atoms with Gasteiger partial charge in [0.15, 0.2) is 0 Å². The van der Waals surface area contributed by atoms with Gasteiger partial charge in [-0.15, -0.1) is 11.3 Å². The zero-order valence-corrected chi connectivity index (χ0v) is 13.0. The van der Waals surface area contributed by atoms with Crippen LogP contribution in [0.5, 0.6) is 0 Å². The van der Waals surface area contributed by atoms with Crippen molar-refractivity contribution in [3.05, 3.63) is 20.8 Å². The fourth-order valence-electron chi connectivity index (χ4n) is 5.36. The average Bonchev–Trinajstić information content (AvgIpc) is 2.73. The number of rotatable bonds is 2. The molecule has 3 heteroatoms. The van der Waals surface area contributed by atoms with Crippen LogP contribution >= 0.6 is 27.3 Å². The van der Waals surface area contributed by atoms with E-state index in [0.717, 1.165) is 17.8 Å². The van der Waals surface area contributed by atoms with Gasteiger partial charge in [0.25, 0.3) is 0 Å². The number of halogens is 1. The number of nitrogens with two attached hydrogens (primary N) is 1. The highest BCUT2D eigenvalue weighted by molar-refractivity contribution is 9.11. The SMILES string of the molecule is NC(c1ccc(Br)s1)C12CC3CC(CC(C3)C1)C2. The summed E-state index contributed by atoms with van der Waals surface area (Å²) >= 11 is 5.41. The van der Waals surface area contributed by atoms with Crippen molar-refractivity contribution < 1.29 is 0 Å². The Hall–Kier alpha value is 0.140. The van der Waals surface area contributed by atoms with Gasteiger partial charge in [0.1, 0.15) is 0 Å². The highest BCUT2D eigenvalue weighted by Gasteiger charge is 2.53. The fraction of sp³-hybridized carbons (Fsp3) is 0.733. The molecular weight excluding hydrogens is 306 g/mol. The van der Waals surface area contributed by atoms with E-state index >= 15 is 0 Å². The molecule has 4 bridgehead atoms. The van der Waals surface area contributed by atoms with E-state index in [1.165, 1.54) is 47.2 Å². The molecule has 0 radical (unpaired) electrons. The molecule has 18 heavy (non-hydrogen) atoms. The first-order valence-corrected chi connectivity index (χ1v) is 8.76. The van der Waals surface area contributed by atoms with Crippen LogP contribution in [-0.2, 0) is 0 Å². The van der Waals surface area contributed by atoms with Gasteiger partial charge in [0, 0.05) is 10.9 Å². The molecular formula is C15H20BrNS. The Morgan fingerprint density at radius 1 is 1.11 bits per heavy atom. The molecule has 0 aromatic carbocycles. The first-order valence-electron chi connectivity index (χ1n) is 7.15. The number of hydrogen-bond acceptors (Lipinski definition) is 2. The van der Waals surface area contributed by atoms with Crippen molar-refractivity contribution in [3.63, 3.8) is 0 Å². The lowest BCUT2D eigenvalue weighted by Crippen LogP contribution is -2.50. The quantitative estimate of drug-likeness (QED) is 0.835. The van der Waals surface area contributed by atoms with Crippen molar-refractivity contribution in [2.24, 2.45) is 28.9 Å². The van der Waals surface area contributed by atoms with E-state index in [1.54, 1.807) is 0 Å². The van der Waals surface area contributed by atoms with E-state index < -0.39 is 0 Å². The summed E-state index contributed by atoms with van der Waals surface area (Å²) in [5.74, 6) is 2.97. The summed E-state index contributed by atoms with van der Waals surface area (Å²) < 4.78 is 1.22. The van der Waals surface area contributed by atoms with E-state index in [0.29, 0.717) is 5.41 Å². The van der Waals surface area contributed by atoms with Crippen LogP contribution in [0.2, 0.25) is 0 Å². The summed E-state index contributed by atoms with van der Waals surface area (Å²) in [6.07, 6.45) is 8.70. The maximum atomic E-state index is 6.70. The van der Waals surface area contributed by atoms with Crippen molar-refractivity contribution in [3.8, 4) is 0 Å². The molecule has 4 fully saturated rings. The molecule has 1 atom stereocenters. The van der Waals surface area contributed by atoms with Gasteiger partial charge in [-0.1, -0.05) is 0 Å². The zero-order valence-electron chi connectivity index (χ0n) is 10.6. The van der Waals surface area contributed by atoms with Crippen LogP contribution in [-0.4, -0.2) is 0 Å². The van der Waals surface area contributed by atoms with Crippen LogP contribution < -0.4 is 5.73 Å². The molecule has 0 spiro atoms. The first-order chi connectivity index (χ1) is 8.64. The van der Waals surface area contributed by atoms with Crippen LogP contribution in [0.1, 0.15) is 49.4 Å². The predicted octanol–water partition coefficient (Wildman–Crippen LogP) is 4.73. The summed E-state index contributed by atoms with van der Waals surface area (Å²) in [5.41, 5.74) is 7.14. The van der Waals surface area contributed by atoms with Crippen LogP contribution in [0.25, 0.3) is 0 Å². The van der Waals surface area contributed by atoms with Gasteiger partial charge in [0.2, 0.25) is 0 Å². The summed E-state index contributed by atoms with van der Waals surface area (Å²) in [7, 11) is 0. The maximum Gasteiger partial charge on any atom is 0.0701 e. The molecule has 0 aliphatic heterocycles. The van der Waals surface area contributed by atoms with Crippen LogP contribution in [0.3, 0.4) is 0 Å². The minimum absolute atomic E-state index is 0.280. The molecule has 1 unspecified atom stereocenters. The molecule has 1 aromatic rings. The fourth-order valence-corrected chi connectivity index (χ4v) is 6.92. The Balaban J connectivity index is 1.67. The predicted molar refractivity (Wildman–Crippen MR) is 79.6 cm³/mol. The molecule has 1 heterocycles. The zero-order chi connectivity index (χ0) is 12.3.